The van der Waals surface area contributed by atoms with E-state index in [-0.39, 0.29) is 18.4 Å². The average Bonchev–Trinajstić information content (AvgIpc) is 3.15. The molecular formula is C21H30N4O4. The molecule has 3 amide bonds. The first-order valence-corrected chi connectivity index (χ1v) is 10.4. The number of hydrogen-bond acceptors (Lipinski definition) is 5. The number of likely N-dealkylation sites (tertiary alicyclic amines) is 1. The van der Waals surface area contributed by atoms with Crippen molar-refractivity contribution in [2.45, 2.75) is 32.1 Å². The van der Waals surface area contributed by atoms with Crippen LogP contribution in [0.25, 0.3) is 0 Å². The van der Waals surface area contributed by atoms with Gasteiger partial charge < -0.3 is 14.5 Å². The van der Waals surface area contributed by atoms with Gasteiger partial charge in [-0.2, -0.15) is 0 Å². The molecular weight excluding hydrogens is 372 g/mol. The lowest BCUT2D eigenvalue weighted by atomic mass is 9.93. The number of carbonyl (C=O) groups is 3. The van der Waals surface area contributed by atoms with E-state index in [1.165, 1.54) is 4.90 Å². The second-order valence-corrected chi connectivity index (χ2v) is 7.81. The SMILES string of the molecule is CN(CCc1ccccn1)C(=O)CC[C@@H]1CCCN(C(=O)CN2CCOC2=O)C1. The molecule has 2 aliphatic heterocycles. The highest BCUT2D eigenvalue weighted by Gasteiger charge is 2.29. The summed E-state index contributed by atoms with van der Waals surface area (Å²) >= 11 is 0. The van der Waals surface area contributed by atoms with Crippen LogP contribution in [0, 0.1) is 5.92 Å². The van der Waals surface area contributed by atoms with Gasteiger partial charge in [0.05, 0.1) is 6.54 Å². The predicted molar refractivity (Wildman–Crippen MR) is 107 cm³/mol. The minimum Gasteiger partial charge on any atom is -0.448 e. The number of hydrogen-bond donors (Lipinski definition) is 0. The van der Waals surface area contributed by atoms with E-state index < -0.39 is 6.09 Å². The fourth-order valence-electron chi connectivity index (χ4n) is 3.83. The maximum absolute atomic E-state index is 12.5. The van der Waals surface area contributed by atoms with Crippen molar-refractivity contribution in [2.24, 2.45) is 5.92 Å². The molecule has 0 spiro atoms. The van der Waals surface area contributed by atoms with Crippen molar-refractivity contribution in [3.05, 3.63) is 30.1 Å². The van der Waals surface area contributed by atoms with Crippen LogP contribution in [0.3, 0.4) is 0 Å². The summed E-state index contributed by atoms with van der Waals surface area (Å²) in [7, 11) is 1.83. The van der Waals surface area contributed by atoms with E-state index in [9.17, 15) is 14.4 Å². The van der Waals surface area contributed by atoms with Gasteiger partial charge >= 0.3 is 6.09 Å². The monoisotopic (exact) mass is 402 g/mol. The van der Waals surface area contributed by atoms with E-state index in [1.807, 2.05) is 30.1 Å². The summed E-state index contributed by atoms with van der Waals surface area (Å²) in [6, 6.07) is 5.80. The van der Waals surface area contributed by atoms with Crippen LogP contribution in [-0.4, -0.2) is 84.0 Å². The fraction of sp³-hybridized carbons (Fsp3) is 0.619. The Kier molecular flexibility index (Phi) is 7.43. The molecule has 0 aliphatic carbocycles. The number of amides is 3. The minimum absolute atomic E-state index is 0.0349. The van der Waals surface area contributed by atoms with Crippen molar-refractivity contribution in [2.75, 3.05) is 46.4 Å². The number of pyridine rings is 1. The zero-order valence-corrected chi connectivity index (χ0v) is 17.1. The number of rotatable bonds is 8. The van der Waals surface area contributed by atoms with Crippen LogP contribution in [-0.2, 0) is 20.7 Å². The number of aromatic nitrogens is 1. The van der Waals surface area contributed by atoms with Gasteiger partial charge in [0.25, 0.3) is 0 Å². The van der Waals surface area contributed by atoms with E-state index in [4.69, 9.17) is 4.74 Å². The Labute approximate surface area is 171 Å². The highest BCUT2D eigenvalue weighted by Crippen LogP contribution is 2.22. The van der Waals surface area contributed by atoms with Crippen molar-refractivity contribution in [1.82, 2.24) is 19.7 Å². The average molecular weight is 402 g/mol. The Balaban J connectivity index is 1.38. The van der Waals surface area contributed by atoms with E-state index in [2.05, 4.69) is 4.98 Å². The molecule has 0 N–H and O–H groups in total. The van der Waals surface area contributed by atoms with Crippen LogP contribution < -0.4 is 0 Å². The zero-order valence-electron chi connectivity index (χ0n) is 17.1. The molecule has 3 heterocycles. The van der Waals surface area contributed by atoms with Gasteiger partial charge in [-0.15, -0.1) is 0 Å². The number of piperidine rings is 1. The third-order valence-corrected chi connectivity index (χ3v) is 5.66. The lowest BCUT2D eigenvalue weighted by molar-refractivity contribution is -0.133. The summed E-state index contributed by atoms with van der Waals surface area (Å²) in [6.45, 7) is 2.94. The van der Waals surface area contributed by atoms with Gasteiger partial charge in [-0.3, -0.25) is 19.5 Å². The zero-order chi connectivity index (χ0) is 20.6. The Morgan fingerprint density at radius 2 is 2.17 bits per heavy atom. The minimum atomic E-state index is -0.411. The quantitative estimate of drug-likeness (QED) is 0.659. The number of cyclic esters (lactones) is 1. The highest BCUT2D eigenvalue weighted by molar-refractivity contribution is 5.83. The normalized spacial score (nSPS) is 19.2. The fourth-order valence-corrected chi connectivity index (χ4v) is 3.83. The summed E-state index contributed by atoms with van der Waals surface area (Å²) in [5.41, 5.74) is 0.982. The largest absolute Gasteiger partial charge is 0.448 e. The van der Waals surface area contributed by atoms with Gasteiger partial charge in [-0.1, -0.05) is 6.07 Å². The maximum Gasteiger partial charge on any atom is 0.410 e. The Morgan fingerprint density at radius 1 is 1.31 bits per heavy atom. The van der Waals surface area contributed by atoms with Crippen molar-refractivity contribution >= 4 is 17.9 Å². The first-order chi connectivity index (χ1) is 14.0. The number of ether oxygens (including phenoxy) is 1. The third kappa shape index (κ3) is 6.17. The third-order valence-electron chi connectivity index (χ3n) is 5.66. The molecule has 8 nitrogen and oxygen atoms in total. The molecule has 29 heavy (non-hydrogen) atoms. The standard InChI is InChI=1S/C21H30N4O4/c1-23(12-9-18-6-2-3-10-22-18)19(26)8-7-17-5-4-11-24(15-17)20(27)16-25-13-14-29-21(25)28/h2-3,6,10,17H,4-5,7-9,11-16H2,1H3/t17-/m0/s1. The molecule has 158 valence electrons. The van der Waals surface area contributed by atoms with Gasteiger partial charge in [0.2, 0.25) is 11.8 Å². The molecule has 2 fully saturated rings. The molecule has 2 saturated heterocycles. The molecule has 1 atom stereocenters. The second-order valence-electron chi connectivity index (χ2n) is 7.81. The molecule has 0 saturated carbocycles. The van der Waals surface area contributed by atoms with Gasteiger partial charge in [0, 0.05) is 51.4 Å². The van der Waals surface area contributed by atoms with Crippen LogP contribution >= 0.6 is 0 Å². The summed E-state index contributed by atoms with van der Waals surface area (Å²) in [4.78, 5) is 45.8. The smallest absolute Gasteiger partial charge is 0.410 e. The summed E-state index contributed by atoms with van der Waals surface area (Å²) < 4.78 is 4.88. The number of nitrogens with zero attached hydrogens (tertiary/aromatic N) is 4. The van der Waals surface area contributed by atoms with Crippen LogP contribution in [0.2, 0.25) is 0 Å². The Morgan fingerprint density at radius 3 is 2.90 bits per heavy atom. The topological polar surface area (TPSA) is 83.1 Å². The number of carbonyl (C=O) groups excluding carboxylic acids is 3. The van der Waals surface area contributed by atoms with E-state index in [0.29, 0.717) is 38.6 Å². The molecule has 1 aromatic rings. The number of likely N-dealkylation sites (N-methyl/N-ethyl adjacent to an activating group) is 1. The molecule has 8 heteroatoms. The first kappa shape index (κ1) is 21.1. The van der Waals surface area contributed by atoms with Gasteiger partial charge in [-0.05, 0) is 37.3 Å². The van der Waals surface area contributed by atoms with Crippen LogP contribution in [0.5, 0.6) is 0 Å². The molecule has 2 aliphatic rings. The second kappa shape index (κ2) is 10.2. The first-order valence-electron chi connectivity index (χ1n) is 10.4. The summed E-state index contributed by atoms with van der Waals surface area (Å²) in [6.07, 6.45) is 5.33. The van der Waals surface area contributed by atoms with Crippen molar-refractivity contribution < 1.29 is 19.1 Å². The van der Waals surface area contributed by atoms with E-state index >= 15 is 0 Å². The van der Waals surface area contributed by atoms with Gasteiger partial charge in [0.15, 0.2) is 0 Å². The molecule has 3 rings (SSSR count). The molecule has 0 unspecified atom stereocenters. The van der Waals surface area contributed by atoms with Crippen LogP contribution in [0.1, 0.15) is 31.4 Å². The molecule has 0 aromatic carbocycles. The molecule has 1 aromatic heterocycles. The summed E-state index contributed by atoms with van der Waals surface area (Å²) in [5, 5.41) is 0. The van der Waals surface area contributed by atoms with Crippen molar-refractivity contribution in [3.8, 4) is 0 Å². The van der Waals surface area contributed by atoms with E-state index in [0.717, 1.165) is 37.9 Å². The van der Waals surface area contributed by atoms with Crippen molar-refractivity contribution in [3.63, 3.8) is 0 Å². The molecule has 0 bridgehead atoms. The maximum atomic E-state index is 12.5. The lowest BCUT2D eigenvalue weighted by Gasteiger charge is -2.33. The van der Waals surface area contributed by atoms with Gasteiger partial charge in [-0.25, -0.2) is 4.79 Å². The van der Waals surface area contributed by atoms with Gasteiger partial charge in [0.1, 0.15) is 13.2 Å². The van der Waals surface area contributed by atoms with Crippen LogP contribution in [0.15, 0.2) is 24.4 Å². The van der Waals surface area contributed by atoms with E-state index in [1.54, 1.807) is 11.1 Å². The Bertz CT molecular complexity index is 712. The summed E-state index contributed by atoms with van der Waals surface area (Å²) in [5.74, 6) is 0.419. The van der Waals surface area contributed by atoms with Crippen LogP contribution in [0.4, 0.5) is 4.79 Å². The Hall–Kier alpha value is -2.64. The highest BCUT2D eigenvalue weighted by atomic mass is 16.6. The lowest BCUT2D eigenvalue weighted by Crippen LogP contribution is -2.45. The predicted octanol–water partition coefficient (Wildman–Crippen LogP) is 1.55. The van der Waals surface area contributed by atoms with Crippen molar-refractivity contribution in [1.29, 1.82) is 0 Å². The molecule has 0 radical (unpaired) electrons.